The van der Waals surface area contributed by atoms with Crippen molar-refractivity contribution in [2.75, 3.05) is 24.2 Å². The summed E-state index contributed by atoms with van der Waals surface area (Å²) in [4.78, 5) is 26.6. The molecule has 0 aliphatic heterocycles. The van der Waals surface area contributed by atoms with Gasteiger partial charge in [0.2, 0.25) is 10.0 Å². The zero-order chi connectivity index (χ0) is 34.8. The van der Waals surface area contributed by atoms with Gasteiger partial charge in [0.15, 0.2) is 0 Å². The summed E-state index contributed by atoms with van der Waals surface area (Å²) < 4.78 is 39.8. The first-order chi connectivity index (χ1) is 22.7. The van der Waals surface area contributed by atoms with Crippen molar-refractivity contribution in [3.63, 3.8) is 0 Å². The Hall–Kier alpha value is -5.09. The highest BCUT2D eigenvalue weighted by Crippen LogP contribution is 2.42. The van der Waals surface area contributed by atoms with E-state index in [0.717, 1.165) is 24.0 Å². The number of aryl methyl sites for hydroxylation is 1. The second kappa shape index (κ2) is 13.6. The summed E-state index contributed by atoms with van der Waals surface area (Å²) in [5, 5.41) is 6.19. The van der Waals surface area contributed by atoms with Crippen LogP contribution in [0, 0.1) is 0 Å². The number of sulfonamides is 1. The highest BCUT2D eigenvalue weighted by molar-refractivity contribution is 7.92. The minimum Gasteiger partial charge on any atom is -0.457 e. The fourth-order valence-electron chi connectivity index (χ4n) is 5.64. The van der Waals surface area contributed by atoms with Gasteiger partial charge in [0.1, 0.15) is 22.8 Å². The number of hydrogen-bond acceptors (Lipinski definition) is 6. The number of para-hydroxylation sites is 1. The monoisotopic (exact) mass is 667 g/mol. The highest BCUT2D eigenvalue weighted by atomic mass is 32.2. The molecule has 2 amide bonds. The van der Waals surface area contributed by atoms with Gasteiger partial charge in [-0.25, -0.2) is 8.42 Å². The largest absolute Gasteiger partial charge is 0.457 e. The molecule has 1 heterocycles. The molecule has 0 saturated carbocycles. The lowest BCUT2D eigenvalue weighted by Crippen LogP contribution is -2.40. The molecule has 5 rings (SSSR count). The summed E-state index contributed by atoms with van der Waals surface area (Å²) in [5.41, 5.74) is 3.82. The number of amides is 2. The first-order valence-electron chi connectivity index (χ1n) is 15.8. The molecule has 9 nitrogen and oxygen atoms in total. The smallest absolute Gasteiger partial charge is 0.255 e. The van der Waals surface area contributed by atoms with Gasteiger partial charge in [-0.15, -0.1) is 0 Å². The summed E-state index contributed by atoms with van der Waals surface area (Å²) in [5.74, 6) is 1.10. The molecule has 0 bridgehead atoms. The Morgan fingerprint density at radius 2 is 1.58 bits per heavy atom. The summed E-state index contributed by atoms with van der Waals surface area (Å²) in [6.07, 6.45) is 1.97. The van der Waals surface area contributed by atoms with Crippen LogP contribution >= 0.6 is 0 Å². The molecule has 4 aromatic carbocycles. The number of fused-ring (bicyclic) bond motifs is 1. The van der Waals surface area contributed by atoms with Crippen molar-refractivity contribution in [3.8, 4) is 33.9 Å². The molecule has 48 heavy (non-hydrogen) atoms. The van der Waals surface area contributed by atoms with E-state index < -0.39 is 15.6 Å². The highest BCUT2D eigenvalue weighted by Gasteiger charge is 2.27. The van der Waals surface area contributed by atoms with Gasteiger partial charge >= 0.3 is 0 Å². The number of carbonyl (C=O) groups is 2. The lowest BCUT2D eigenvalue weighted by Gasteiger charge is -2.24. The van der Waals surface area contributed by atoms with Crippen LogP contribution in [-0.4, -0.2) is 45.6 Å². The maximum atomic E-state index is 13.5. The third-order valence-corrected chi connectivity index (χ3v) is 9.09. The van der Waals surface area contributed by atoms with E-state index in [-0.39, 0.29) is 18.4 Å². The Labute approximate surface area is 282 Å². The number of rotatable bonds is 10. The summed E-state index contributed by atoms with van der Waals surface area (Å²) in [6.45, 7) is 9.66. The number of carbonyl (C=O) groups excluding carboxylic acids is 2. The van der Waals surface area contributed by atoms with Crippen molar-refractivity contribution < 1.29 is 27.2 Å². The lowest BCUT2D eigenvalue weighted by atomic mass is 9.97. The van der Waals surface area contributed by atoms with Crippen LogP contribution in [0.2, 0.25) is 0 Å². The van der Waals surface area contributed by atoms with E-state index in [0.29, 0.717) is 56.0 Å². The maximum absolute atomic E-state index is 13.5. The van der Waals surface area contributed by atoms with E-state index in [9.17, 15) is 18.0 Å². The normalized spacial score (nSPS) is 11.7. The molecule has 0 aliphatic carbocycles. The van der Waals surface area contributed by atoms with Crippen molar-refractivity contribution >= 4 is 38.5 Å². The van der Waals surface area contributed by atoms with Crippen LogP contribution in [0.15, 0.2) is 89.3 Å². The van der Waals surface area contributed by atoms with Crippen LogP contribution in [0.3, 0.4) is 0 Å². The molecule has 0 fully saturated rings. The van der Waals surface area contributed by atoms with Crippen LogP contribution in [0.1, 0.15) is 60.9 Å². The van der Waals surface area contributed by atoms with Crippen molar-refractivity contribution in [3.05, 3.63) is 102 Å². The number of anilines is 1. The fourth-order valence-corrected chi connectivity index (χ4v) is 6.62. The number of furan rings is 1. The standard InChI is InChI=1S/C38H41N3O6S/c1-8-24-13-10-11-16-32(24)46-28-19-17-25(18-20-28)35-34(37(43)39-6)30-22-29(31(23-33(30)47-35)41(9-2)48(7,44)45)26-14-12-15-27(21-26)36(42)40-38(3,4)5/h10-23H,8-9H2,1-7H3,(H,39,43)(H,40,42). The molecule has 1 aromatic heterocycles. The lowest BCUT2D eigenvalue weighted by molar-refractivity contribution is 0.0918. The van der Waals surface area contributed by atoms with E-state index in [4.69, 9.17) is 9.15 Å². The number of ether oxygens (including phenoxy) is 1. The van der Waals surface area contributed by atoms with Gasteiger partial charge in [-0.2, -0.15) is 0 Å². The van der Waals surface area contributed by atoms with Crippen LogP contribution in [-0.2, 0) is 16.4 Å². The quantitative estimate of drug-likeness (QED) is 0.157. The Morgan fingerprint density at radius 1 is 0.875 bits per heavy atom. The number of nitrogens with zero attached hydrogens (tertiary/aromatic N) is 1. The topological polar surface area (TPSA) is 118 Å². The molecule has 0 atom stereocenters. The zero-order valence-electron chi connectivity index (χ0n) is 28.3. The molecule has 2 N–H and O–H groups in total. The van der Waals surface area contributed by atoms with Gasteiger partial charge in [-0.1, -0.05) is 37.3 Å². The van der Waals surface area contributed by atoms with Crippen LogP contribution in [0.25, 0.3) is 33.4 Å². The minimum absolute atomic E-state index is 0.153. The van der Waals surface area contributed by atoms with E-state index in [2.05, 4.69) is 17.6 Å². The average Bonchev–Trinajstić information content (AvgIpc) is 3.42. The van der Waals surface area contributed by atoms with E-state index in [1.165, 1.54) is 4.31 Å². The van der Waals surface area contributed by atoms with Crippen LogP contribution < -0.4 is 19.7 Å². The maximum Gasteiger partial charge on any atom is 0.255 e. The Kier molecular flexibility index (Phi) is 9.68. The molecular weight excluding hydrogens is 627 g/mol. The van der Waals surface area contributed by atoms with E-state index >= 15 is 0 Å². The molecule has 0 spiro atoms. The van der Waals surface area contributed by atoms with Gasteiger partial charge in [-0.3, -0.25) is 13.9 Å². The van der Waals surface area contributed by atoms with Crippen molar-refractivity contribution in [1.82, 2.24) is 10.6 Å². The van der Waals surface area contributed by atoms with Gasteiger partial charge in [0.25, 0.3) is 11.8 Å². The minimum atomic E-state index is -3.71. The summed E-state index contributed by atoms with van der Waals surface area (Å²) in [6, 6.07) is 25.5. The number of nitrogens with one attached hydrogen (secondary N) is 2. The molecule has 0 saturated heterocycles. The summed E-state index contributed by atoms with van der Waals surface area (Å²) in [7, 11) is -2.17. The van der Waals surface area contributed by atoms with Gasteiger partial charge in [0, 0.05) is 47.3 Å². The van der Waals surface area contributed by atoms with Gasteiger partial charge in [-0.05, 0) is 93.8 Å². The number of benzene rings is 4. The number of hydrogen-bond donors (Lipinski definition) is 2. The molecule has 250 valence electrons. The van der Waals surface area contributed by atoms with Crippen LogP contribution in [0.4, 0.5) is 5.69 Å². The second-order valence-electron chi connectivity index (χ2n) is 12.6. The van der Waals surface area contributed by atoms with E-state index in [1.54, 1.807) is 44.3 Å². The molecule has 5 aromatic rings. The molecule has 10 heteroatoms. The zero-order valence-corrected chi connectivity index (χ0v) is 29.1. The Balaban J connectivity index is 1.68. The first kappa shape index (κ1) is 34.3. The second-order valence-corrected chi connectivity index (χ2v) is 14.5. The van der Waals surface area contributed by atoms with Crippen LogP contribution in [0.5, 0.6) is 11.5 Å². The predicted octanol–water partition coefficient (Wildman–Crippen LogP) is 7.80. The third-order valence-electron chi connectivity index (χ3n) is 7.84. The predicted molar refractivity (Wildman–Crippen MR) is 191 cm³/mol. The molecule has 0 radical (unpaired) electrons. The molecular formula is C38H41N3O6S. The van der Waals surface area contributed by atoms with Crippen molar-refractivity contribution in [1.29, 1.82) is 0 Å². The first-order valence-corrected chi connectivity index (χ1v) is 17.7. The molecule has 0 unspecified atom stereocenters. The molecule has 0 aliphatic rings. The average molecular weight is 668 g/mol. The third kappa shape index (κ3) is 7.23. The van der Waals surface area contributed by atoms with E-state index in [1.807, 2.05) is 75.4 Å². The van der Waals surface area contributed by atoms with Gasteiger partial charge < -0.3 is 19.8 Å². The fraction of sp³-hybridized carbons (Fsp3) is 0.263. The Morgan fingerprint density at radius 3 is 2.21 bits per heavy atom. The Bertz CT molecular complexity index is 2090. The van der Waals surface area contributed by atoms with Crippen molar-refractivity contribution in [2.24, 2.45) is 0 Å². The SMILES string of the molecule is CCc1ccccc1Oc1ccc(-c2oc3cc(N(CC)S(C)(=O)=O)c(-c4cccc(C(=O)NC(C)(C)C)c4)cc3c2C(=O)NC)cc1. The van der Waals surface area contributed by atoms with Crippen molar-refractivity contribution in [2.45, 2.75) is 46.6 Å². The summed E-state index contributed by atoms with van der Waals surface area (Å²) >= 11 is 0. The van der Waals surface area contributed by atoms with Gasteiger partial charge in [0.05, 0.1) is 17.5 Å².